The number of hydrogen-bond donors (Lipinski definition) is 2. The number of nitrogens with one attached hydrogen (secondary N) is 1. The van der Waals surface area contributed by atoms with E-state index in [2.05, 4.69) is 20.4 Å². The molecule has 20 heavy (non-hydrogen) atoms. The van der Waals surface area contributed by atoms with Crippen molar-refractivity contribution in [1.82, 2.24) is 15.0 Å². The predicted molar refractivity (Wildman–Crippen MR) is 65.2 cm³/mol. The fourth-order valence-corrected chi connectivity index (χ4v) is 1.30. The summed E-state index contributed by atoms with van der Waals surface area (Å²) in [6.07, 6.45) is 0. The Morgan fingerprint density at radius 3 is 2.60 bits per heavy atom. The lowest BCUT2D eigenvalue weighted by molar-refractivity contribution is 0.302. The lowest BCUT2D eigenvalue weighted by Crippen LogP contribution is -2.13. The topological polar surface area (TPSA) is 95.2 Å². The third-order valence-corrected chi connectivity index (χ3v) is 2.09. The van der Waals surface area contributed by atoms with Gasteiger partial charge in [-0.3, -0.25) is 5.43 Å². The minimum Gasteiger partial charge on any atom is -0.464 e. The number of hydrazine groups is 1. The fourth-order valence-electron chi connectivity index (χ4n) is 1.30. The Kier molecular flexibility index (Phi) is 4.20. The number of aromatic nitrogens is 3. The predicted octanol–water partition coefficient (Wildman–Crippen LogP) is 1.63. The molecule has 106 valence electrons. The van der Waals surface area contributed by atoms with Crippen LogP contribution >= 0.6 is 0 Å². The van der Waals surface area contributed by atoms with Crippen molar-refractivity contribution >= 4 is 5.95 Å². The van der Waals surface area contributed by atoms with Crippen molar-refractivity contribution in [1.29, 1.82) is 0 Å². The second kappa shape index (κ2) is 6.06. The van der Waals surface area contributed by atoms with E-state index in [9.17, 15) is 8.78 Å². The number of benzene rings is 1. The maximum atomic E-state index is 13.5. The van der Waals surface area contributed by atoms with Crippen LogP contribution in [-0.2, 0) is 0 Å². The van der Waals surface area contributed by atoms with Gasteiger partial charge in [-0.2, -0.15) is 9.97 Å². The third-order valence-electron chi connectivity index (χ3n) is 2.09. The Morgan fingerprint density at radius 1 is 1.20 bits per heavy atom. The summed E-state index contributed by atoms with van der Waals surface area (Å²) in [4.78, 5) is 11.4. The van der Waals surface area contributed by atoms with E-state index in [0.29, 0.717) is 12.7 Å². The highest BCUT2D eigenvalue weighted by atomic mass is 19.1. The second-order valence-corrected chi connectivity index (χ2v) is 3.48. The summed E-state index contributed by atoms with van der Waals surface area (Å²) in [5.74, 6) is 3.34. The molecule has 0 aliphatic heterocycles. The highest BCUT2D eigenvalue weighted by molar-refractivity contribution is 5.30. The fraction of sp³-hybridized carbons (Fsp3) is 0.182. The van der Waals surface area contributed by atoms with Crippen LogP contribution in [0.15, 0.2) is 18.2 Å². The van der Waals surface area contributed by atoms with Gasteiger partial charge in [0.15, 0.2) is 11.6 Å². The Balaban J connectivity index is 2.29. The van der Waals surface area contributed by atoms with Gasteiger partial charge in [0.1, 0.15) is 5.82 Å². The van der Waals surface area contributed by atoms with Crippen molar-refractivity contribution in [2.75, 3.05) is 12.0 Å². The van der Waals surface area contributed by atoms with Crippen LogP contribution < -0.4 is 20.7 Å². The Labute approximate surface area is 112 Å². The first-order valence-corrected chi connectivity index (χ1v) is 5.60. The van der Waals surface area contributed by atoms with Gasteiger partial charge in [0.25, 0.3) is 0 Å². The van der Waals surface area contributed by atoms with E-state index in [0.717, 1.165) is 12.1 Å². The second-order valence-electron chi connectivity index (χ2n) is 3.48. The summed E-state index contributed by atoms with van der Waals surface area (Å²) in [5, 5.41) is 0. The molecule has 7 nitrogen and oxygen atoms in total. The maximum Gasteiger partial charge on any atom is 0.330 e. The Bertz CT molecular complexity index is 611. The summed E-state index contributed by atoms with van der Waals surface area (Å²) < 4.78 is 36.4. The SMILES string of the molecule is CCOc1nc(NN)nc(Oc2ccc(F)cc2F)n1. The monoisotopic (exact) mass is 283 g/mol. The van der Waals surface area contributed by atoms with Crippen molar-refractivity contribution in [2.24, 2.45) is 5.84 Å². The number of anilines is 1. The molecule has 0 aliphatic rings. The normalized spacial score (nSPS) is 10.2. The van der Waals surface area contributed by atoms with Gasteiger partial charge < -0.3 is 9.47 Å². The van der Waals surface area contributed by atoms with Crippen LogP contribution in [0.5, 0.6) is 17.8 Å². The van der Waals surface area contributed by atoms with Crippen LogP contribution in [0.4, 0.5) is 14.7 Å². The van der Waals surface area contributed by atoms with Crippen molar-refractivity contribution in [2.45, 2.75) is 6.92 Å². The summed E-state index contributed by atoms with van der Waals surface area (Å²) in [6, 6.07) is 2.58. The van der Waals surface area contributed by atoms with Crippen LogP contribution in [0.1, 0.15) is 6.92 Å². The Hall–Kier alpha value is -2.55. The smallest absolute Gasteiger partial charge is 0.330 e. The zero-order chi connectivity index (χ0) is 14.5. The molecule has 0 spiro atoms. The molecule has 0 bridgehead atoms. The minimum absolute atomic E-state index is 0.0130. The van der Waals surface area contributed by atoms with Gasteiger partial charge in [0, 0.05) is 6.07 Å². The van der Waals surface area contributed by atoms with Gasteiger partial charge in [-0.1, -0.05) is 0 Å². The first kappa shape index (κ1) is 13.9. The highest BCUT2D eigenvalue weighted by Gasteiger charge is 2.12. The quantitative estimate of drug-likeness (QED) is 0.636. The maximum absolute atomic E-state index is 13.5. The minimum atomic E-state index is -0.884. The van der Waals surface area contributed by atoms with Crippen LogP contribution in [0.3, 0.4) is 0 Å². The van der Waals surface area contributed by atoms with E-state index >= 15 is 0 Å². The Morgan fingerprint density at radius 2 is 1.95 bits per heavy atom. The highest BCUT2D eigenvalue weighted by Crippen LogP contribution is 2.23. The van der Waals surface area contributed by atoms with E-state index in [1.807, 2.05) is 0 Å². The molecule has 1 aromatic heterocycles. The zero-order valence-corrected chi connectivity index (χ0v) is 10.4. The summed E-state index contributed by atoms with van der Waals surface area (Å²) >= 11 is 0. The van der Waals surface area contributed by atoms with Gasteiger partial charge >= 0.3 is 12.0 Å². The van der Waals surface area contributed by atoms with E-state index in [-0.39, 0.29) is 23.7 Å². The van der Waals surface area contributed by atoms with Gasteiger partial charge in [-0.05, 0) is 19.1 Å². The lowest BCUT2D eigenvalue weighted by Gasteiger charge is -2.08. The summed E-state index contributed by atoms with van der Waals surface area (Å²) in [7, 11) is 0. The van der Waals surface area contributed by atoms with Gasteiger partial charge in [0.2, 0.25) is 5.95 Å². The molecule has 0 saturated heterocycles. The zero-order valence-electron chi connectivity index (χ0n) is 10.4. The number of nitrogens with zero attached hydrogens (tertiary/aromatic N) is 3. The molecule has 0 amide bonds. The first-order chi connectivity index (χ1) is 9.62. The van der Waals surface area contributed by atoms with Crippen molar-refractivity contribution in [3.8, 4) is 17.8 Å². The molecule has 1 heterocycles. The van der Waals surface area contributed by atoms with Crippen LogP contribution in [0, 0.1) is 11.6 Å². The lowest BCUT2D eigenvalue weighted by atomic mass is 10.3. The van der Waals surface area contributed by atoms with E-state index in [1.54, 1.807) is 6.92 Å². The average Bonchev–Trinajstić information content (AvgIpc) is 2.42. The number of nitrogens with two attached hydrogens (primary N) is 1. The molecule has 0 radical (unpaired) electrons. The molecule has 3 N–H and O–H groups in total. The van der Waals surface area contributed by atoms with Crippen LogP contribution in [-0.4, -0.2) is 21.6 Å². The average molecular weight is 283 g/mol. The molecule has 0 atom stereocenters. The van der Waals surface area contributed by atoms with Gasteiger partial charge in [-0.15, -0.1) is 4.98 Å². The molecule has 9 heteroatoms. The molecule has 0 fully saturated rings. The molecule has 0 saturated carbocycles. The molecule has 0 aliphatic carbocycles. The standard InChI is InChI=1S/C11H11F2N5O2/c1-2-19-10-15-9(18-14)16-11(17-10)20-8-4-3-6(12)5-7(8)13/h3-5H,2,14H2,1H3,(H,15,16,17,18). The van der Waals surface area contributed by atoms with Gasteiger partial charge in [-0.25, -0.2) is 14.6 Å². The molecule has 2 rings (SSSR count). The van der Waals surface area contributed by atoms with Crippen molar-refractivity contribution in [3.63, 3.8) is 0 Å². The number of halogens is 2. The van der Waals surface area contributed by atoms with E-state index in [1.165, 1.54) is 0 Å². The number of ether oxygens (including phenoxy) is 2. The van der Waals surface area contributed by atoms with Crippen molar-refractivity contribution in [3.05, 3.63) is 29.8 Å². The molecular formula is C11H11F2N5O2. The molecular weight excluding hydrogens is 272 g/mol. The van der Waals surface area contributed by atoms with Crippen LogP contribution in [0.2, 0.25) is 0 Å². The van der Waals surface area contributed by atoms with Crippen molar-refractivity contribution < 1.29 is 18.3 Å². The molecule has 2 aromatic rings. The van der Waals surface area contributed by atoms with E-state index < -0.39 is 11.6 Å². The summed E-state index contributed by atoms with van der Waals surface area (Å²) in [6.45, 7) is 2.05. The largest absolute Gasteiger partial charge is 0.464 e. The number of hydrogen-bond acceptors (Lipinski definition) is 7. The molecule has 1 aromatic carbocycles. The molecule has 0 unspecified atom stereocenters. The third kappa shape index (κ3) is 3.26. The van der Waals surface area contributed by atoms with E-state index in [4.69, 9.17) is 15.3 Å². The van der Waals surface area contributed by atoms with Gasteiger partial charge in [0.05, 0.1) is 6.61 Å². The van der Waals surface area contributed by atoms with Crippen LogP contribution in [0.25, 0.3) is 0 Å². The summed E-state index contributed by atoms with van der Waals surface area (Å²) in [5.41, 5.74) is 2.20. The number of nitrogen functional groups attached to an aromatic ring is 1. The number of rotatable bonds is 5. The first-order valence-electron chi connectivity index (χ1n) is 5.60.